The first-order valence-corrected chi connectivity index (χ1v) is 11.3. The number of H-pyrrole nitrogens is 2. The average molecular weight is 421 g/mol. The molecule has 2 heterocycles. The molecule has 1 saturated carbocycles. The third-order valence-electron chi connectivity index (χ3n) is 6.81. The van der Waals surface area contributed by atoms with Gasteiger partial charge in [-0.3, -0.25) is 0 Å². The molecule has 1 fully saturated rings. The summed E-state index contributed by atoms with van der Waals surface area (Å²) >= 11 is 6.40. The number of fused-ring (bicyclic) bond motifs is 2. The highest BCUT2D eigenvalue weighted by Gasteiger charge is 2.30. The Morgan fingerprint density at radius 2 is 1.80 bits per heavy atom. The molecular weight excluding hydrogens is 392 g/mol. The van der Waals surface area contributed by atoms with Crippen molar-refractivity contribution in [2.45, 2.75) is 52.4 Å². The molecule has 0 bridgehead atoms. The maximum Gasteiger partial charge on any atom is 0.205 e. The number of halogens is 1. The maximum absolute atomic E-state index is 6.40. The first-order chi connectivity index (χ1) is 14.4. The number of aromatic amines is 2. The number of benzene rings is 2. The molecule has 0 saturated heterocycles. The molecule has 156 valence electrons. The Balaban J connectivity index is 1.35. The van der Waals surface area contributed by atoms with Gasteiger partial charge < -0.3 is 15.3 Å². The molecule has 0 amide bonds. The fourth-order valence-electron chi connectivity index (χ4n) is 4.96. The number of nitrogens with zero attached hydrogens (tertiary/aromatic N) is 1. The Morgan fingerprint density at radius 1 is 1.00 bits per heavy atom. The predicted octanol–water partition coefficient (Wildman–Crippen LogP) is 7.76. The molecular formula is C25H29ClN4. The molecule has 2 aromatic heterocycles. The topological polar surface area (TPSA) is 56.5 Å². The Bertz CT molecular complexity index is 1190. The van der Waals surface area contributed by atoms with Gasteiger partial charge >= 0.3 is 0 Å². The van der Waals surface area contributed by atoms with E-state index in [0.717, 1.165) is 44.5 Å². The standard InChI is InChI=1S/C25H29ClN4/c1-25(2,3)17-7-4-15(5-8-17)16-6-9-21-23(12-16)30-24(29-21)28-18-13-20(26)19-10-11-27-22(19)14-18/h6,9-15,17,27H,4-5,7-8H2,1-3H3,(H2,28,29,30). The van der Waals surface area contributed by atoms with Crippen LogP contribution in [0.4, 0.5) is 11.6 Å². The highest BCUT2D eigenvalue weighted by Crippen LogP contribution is 2.43. The van der Waals surface area contributed by atoms with Crippen LogP contribution in [0.5, 0.6) is 0 Å². The number of anilines is 2. The zero-order chi connectivity index (χ0) is 20.9. The second-order valence-corrected chi connectivity index (χ2v) is 10.2. The van der Waals surface area contributed by atoms with E-state index in [1.165, 1.54) is 31.2 Å². The van der Waals surface area contributed by atoms with Gasteiger partial charge in [0.25, 0.3) is 0 Å². The number of hydrogen-bond donors (Lipinski definition) is 3. The van der Waals surface area contributed by atoms with Gasteiger partial charge in [0.15, 0.2) is 0 Å². The summed E-state index contributed by atoms with van der Waals surface area (Å²) in [7, 11) is 0. The summed E-state index contributed by atoms with van der Waals surface area (Å²) in [5.41, 5.74) is 5.83. The normalized spacial score (nSPS) is 20.1. The molecule has 4 aromatic rings. The smallest absolute Gasteiger partial charge is 0.205 e. The lowest BCUT2D eigenvalue weighted by molar-refractivity contribution is 0.169. The summed E-state index contributed by atoms with van der Waals surface area (Å²) < 4.78 is 0. The van der Waals surface area contributed by atoms with Crippen LogP contribution in [0.3, 0.4) is 0 Å². The van der Waals surface area contributed by atoms with Crippen molar-refractivity contribution < 1.29 is 0 Å². The summed E-state index contributed by atoms with van der Waals surface area (Å²) in [6.07, 6.45) is 7.09. The second-order valence-electron chi connectivity index (χ2n) is 9.80. The number of rotatable bonds is 3. The Labute approximate surface area is 182 Å². The molecule has 5 rings (SSSR count). The molecule has 1 aliphatic carbocycles. The van der Waals surface area contributed by atoms with Crippen molar-refractivity contribution in [2.75, 3.05) is 5.32 Å². The SMILES string of the molecule is CC(C)(C)C1CCC(c2ccc3[nH]c(Nc4cc(Cl)c5cc[nH]c5c4)nc3c2)CC1. The number of imidazole rings is 1. The molecule has 0 radical (unpaired) electrons. The van der Waals surface area contributed by atoms with Crippen molar-refractivity contribution >= 4 is 45.2 Å². The first-order valence-electron chi connectivity index (χ1n) is 10.9. The van der Waals surface area contributed by atoms with Gasteiger partial charge in [0.2, 0.25) is 5.95 Å². The quantitative estimate of drug-likeness (QED) is 0.317. The highest BCUT2D eigenvalue weighted by atomic mass is 35.5. The molecule has 0 spiro atoms. The lowest BCUT2D eigenvalue weighted by Crippen LogP contribution is -2.25. The highest BCUT2D eigenvalue weighted by molar-refractivity contribution is 6.35. The summed E-state index contributed by atoms with van der Waals surface area (Å²) in [4.78, 5) is 11.4. The van der Waals surface area contributed by atoms with E-state index in [0.29, 0.717) is 11.3 Å². The minimum Gasteiger partial charge on any atom is -0.361 e. The van der Waals surface area contributed by atoms with Crippen molar-refractivity contribution in [3.8, 4) is 0 Å². The zero-order valence-electron chi connectivity index (χ0n) is 17.8. The predicted molar refractivity (Wildman–Crippen MR) is 127 cm³/mol. The van der Waals surface area contributed by atoms with E-state index in [2.05, 4.69) is 54.3 Å². The van der Waals surface area contributed by atoms with E-state index in [4.69, 9.17) is 16.6 Å². The monoisotopic (exact) mass is 420 g/mol. The molecule has 3 N–H and O–H groups in total. The zero-order valence-corrected chi connectivity index (χ0v) is 18.6. The van der Waals surface area contributed by atoms with E-state index in [1.807, 2.05) is 24.4 Å². The van der Waals surface area contributed by atoms with E-state index < -0.39 is 0 Å². The molecule has 5 heteroatoms. The largest absolute Gasteiger partial charge is 0.361 e. The van der Waals surface area contributed by atoms with Gasteiger partial charge in [0.05, 0.1) is 16.1 Å². The van der Waals surface area contributed by atoms with Crippen molar-refractivity contribution in [1.82, 2.24) is 15.0 Å². The minimum absolute atomic E-state index is 0.420. The van der Waals surface area contributed by atoms with E-state index in [1.54, 1.807) is 0 Å². The van der Waals surface area contributed by atoms with Crippen molar-refractivity contribution in [3.63, 3.8) is 0 Å². The number of aromatic nitrogens is 3. The maximum atomic E-state index is 6.40. The third kappa shape index (κ3) is 3.69. The van der Waals surface area contributed by atoms with Crippen LogP contribution >= 0.6 is 11.6 Å². The van der Waals surface area contributed by atoms with Crippen molar-refractivity contribution in [1.29, 1.82) is 0 Å². The molecule has 0 aliphatic heterocycles. The van der Waals surface area contributed by atoms with E-state index in [-0.39, 0.29) is 0 Å². The summed E-state index contributed by atoms with van der Waals surface area (Å²) in [5.74, 6) is 2.22. The van der Waals surface area contributed by atoms with Crippen LogP contribution < -0.4 is 5.32 Å². The van der Waals surface area contributed by atoms with Crippen LogP contribution in [-0.2, 0) is 0 Å². The van der Waals surface area contributed by atoms with Gasteiger partial charge in [-0.05, 0) is 78.8 Å². The minimum atomic E-state index is 0.420. The van der Waals surface area contributed by atoms with Crippen LogP contribution in [0, 0.1) is 11.3 Å². The van der Waals surface area contributed by atoms with Crippen LogP contribution in [-0.4, -0.2) is 15.0 Å². The van der Waals surface area contributed by atoms with Gasteiger partial charge in [-0.1, -0.05) is 38.4 Å². The Hall–Kier alpha value is -2.46. The lowest BCUT2D eigenvalue weighted by Gasteiger charge is -2.37. The van der Waals surface area contributed by atoms with Gasteiger partial charge in [0.1, 0.15) is 0 Å². The Kier molecular flexibility index (Phi) is 4.78. The average Bonchev–Trinajstić information content (AvgIpc) is 3.33. The van der Waals surface area contributed by atoms with Gasteiger partial charge in [0, 0.05) is 22.8 Å². The second kappa shape index (κ2) is 7.35. The summed E-state index contributed by atoms with van der Waals surface area (Å²) in [5, 5.41) is 5.11. The fourth-order valence-corrected chi connectivity index (χ4v) is 5.24. The van der Waals surface area contributed by atoms with Crippen LogP contribution in [0.1, 0.15) is 57.9 Å². The molecule has 30 heavy (non-hydrogen) atoms. The van der Waals surface area contributed by atoms with E-state index >= 15 is 0 Å². The molecule has 2 aromatic carbocycles. The summed E-state index contributed by atoms with van der Waals surface area (Å²) in [6, 6.07) is 12.7. The van der Waals surface area contributed by atoms with Crippen LogP contribution in [0.25, 0.3) is 21.9 Å². The van der Waals surface area contributed by atoms with Crippen molar-refractivity contribution in [3.05, 3.63) is 53.2 Å². The van der Waals surface area contributed by atoms with Gasteiger partial charge in [-0.15, -0.1) is 0 Å². The van der Waals surface area contributed by atoms with Gasteiger partial charge in [-0.25, -0.2) is 4.98 Å². The van der Waals surface area contributed by atoms with Gasteiger partial charge in [-0.2, -0.15) is 0 Å². The van der Waals surface area contributed by atoms with E-state index in [9.17, 15) is 0 Å². The van der Waals surface area contributed by atoms with Crippen molar-refractivity contribution in [2.24, 2.45) is 11.3 Å². The first kappa shape index (κ1) is 19.5. The number of hydrogen-bond acceptors (Lipinski definition) is 2. The molecule has 0 unspecified atom stereocenters. The fraction of sp³-hybridized carbons (Fsp3) is 0.400. The van der Waals surface area contributed by atoms with Crippen LogP contribution in [0.2, 0.25) is 5.02 Å². The van der Waals surface area contributed by atoms with Crippen LogP contribution in [0.15, 0.2) is 42.6 Å². The molecule has 1 aliphatic rings. The lowest BCUT2D eigenvalue weighted by atomic mass is 9.69. The molecule has 0 atom stereocenters. The molecule has 4 nitrogen and oxygen atoms in total. The third-order valence-corrected chi connectivity index (χ3v) is 7.12. The summed E-state index contributed by atoms with van der Waals surface area (Å²) in [6.45, 7) is 7.13. The Morgan fingerprint density at radius 3 is 2.57 bits per heavy atom. The number of nitrogens with one attached hydrogen (secondary N) is 3.